The summed E-state index contributed by atoms with van der Waals surface area (Å²) >= 11 is 0. The van der Waals surface area contributed by atoms with E-state index in [1.807, 2.05) is 84.9 Å². The fraction of sp³-hybridized carbons (Fsp3) is 0.194. The second-order valence-corrected chi connectivity index (χ2v) is 8.59. The Morgan fingerprint density at radius 3 is 1.89 bits per heavy atom. The minimum atomic E-state index is -0.0375. The molecular weight excluding hydrogens is 434 g/mol. The highest BCUT2D eigenvalue weighted by atomic mass is 16.7. The van der Waals surface area contributed by atoms with Crippen molar-refractivity contribution >= 4 is 5.91 Å². The third kappa shape index (κ3) is 7.83. The van der Waals surface area contributed by atoms with E-state index >= 15 is 0 Å². The molecule has 1 amide bonds. The van der Waals surface area contributed by atoms with E-state index in [2.05, 4.69) is 31.2 Å². The number of aryl methyl sites for hydroxylation is 2. The molecule has 0 spiro atoms. The fourth-order valence-electron chi connectivity index (χ4n) is 3.66. The summed E-state index contributed by atoms with van der Waals surface area (Å²) in [5, 5.41) is 1.48. The van der Waals surface area contributed by atoms with Gasteiger partial charge in [-0.3, -0.25) is 9.63 Å². The molecule has 4 aromatic rings. The van der Waals surface area contributed by atoms with Gasteiger partial charge in [-0.15, -0.1) is 0 Å². The third-order valence-corrected chi connectivity index (χ3v) is 5.75. The van der Waals surface area contributed by atoms with Crippen molar-refractivity contribution in [3.8, 4) is 5.75 Å². The summed E-state index contributed by atoms with van der Waals surface area (Å²) in [7, 11) is 0. The molecule has 35 heavy (non-hydrogen) atoms. The van der Waals surface area contributed by atoms with Gasteiger partial charge >= 0.3 is 0 Å². The molecule has 4 nitrogen and oxygen atoms in total. The van der Waals surface area contributed by atoms with Crippen molar-refractivity contribution in [1.29, 1.82) is 0 Å². The molecule has 0 aromatic heterocycles. The van der Waals surface area contributed by atoms with E-state index in [1.165, 1.54) is 10.6 Å². The fourth-order valence-corrected chi connectivity index (χ4v) is 3.66. The molecule has 0 N–H and O–H groups in total. The minimum Gasteiger partial charge on any atom is -0.489 e. The summed E-state index contributed by atoms with van der Waals surface area (Å²) in [6.45, 7) is 3.31. The van der Waals surface area contributed by atoms with Crippen LogP contribution in [-0.4, -0.2) is 11.0 Å². The van der Waals surface area contributed by atoms with E-state index in [9.17, 15) is 4.79 Å². The average molecular weight is 466 g/mol. The largest absolute Gasteiger partial charge is 0.489 e. The van der Waals surface area contributed by atoms with Crippen molar-refractivity contribution < 1.29 is 14.4 Å². The third-order valence-electron chi connectivity index (χ3n) is 5.75. The lowest BCUT2D eigenvalue weighted by atomic mass is 10.1. The van der Waals surface area contributed by atoms with Crippen molar-refractivity contribution in [3.63, 3.8) is 0 Å². The zero-order chi connectivity index (χ0) is 24.3. The van der Waals surface area contributed by atoms with Gasteiger partial charge in [-0.25, -0.2) is 5.06 Å². The second-order valence-electron chi connectivity index (χ2n) is 8.59. The Balaban J connectivity index is 1.37. The lowest BCUT2D eigenvalue weighted by Gasteiger charge is -2.22. The number of hydroxylamine groups is 2. The lowest BCUT2D eigenvalue weighted by Crippen LogP contribution is -2.31. The Morgan fingerprint density at radius 2 is 1.23 bits per heavy atom. The first-order chi connectivity index (χ1) is 17.2. The zero-order valence-electron chi connectivity index (χ0n) is 20.1. The number of nitrogens with zero attached hydrogens (tertiary/aromatic N) is 1. The predicted molar refractivity (Wildman–Crippen MR) is 138 cm³/mol. The number of hydrogen-bond acceptors (Lipinski definition) is 3. The molecule has 4 heteroatoms. The van der Waals surface area contributed by atoms with Gasteiger partial charge in [0.15, 0.2) is 0 Å². The van der Waals surface area contributed by atoms with E-state index in [4.69, 9.17) is 9.57 Å². The molecule has 0 aliphatic carbocycles. The van der Waals surface area contributed by atoms with Crippen LogP contribution in [0, 0.1) is 6.92 Å². The Kier molecular flexibility index (Phi) is 8.68. The van der Waals surface area contributed by atoms with Crippen molar-refractivity contribution in [2.24, 2.45) is 0 Å². The number of carbonyl (C=O) groups excluding carboxylic acids is 1. The molecule has 178 valence electrons. The van der Waals surface area contributed by atoms with E-state index < -0.39 is 0 Å². The number of carbonyl (C=O) groups is 1. The SMILES string of the molecule is Cc1ccc(COc2ccc(CN(OCc3ccccc3)C(=O)CCc3ccccc3)cc2)cc1. The van der Waals surface area contributed by atoms with Gasteiger partial charge in [-0.2, -0.15) is 0 Å². The van der Waals surface area contributed by atoms with Crippen LogP contribution in [0.5, 0.6) is 5.75 Å². The molecule has 0 aliphatic rings. The van der Waals surface area contributed by atoms with Crippen LogP contribution in [0.2, 0.25) is 0 Å². The first-order valence-electron chi connectivity index (χ1n) is 11.9. The lowest BCUT2D eigenvalue weighted by molar-refractivity contribution is -0.195. The maximum Gasteiger partial charge on any atom is 0.246 e. The highest BCUT2D eigenvalue weighted by Gasteiger charge is 2.16. The Hall–Kier alpha value is -3.89. The topological polar surface area (TPSA) is 38.8 Å². The summed E-state index contributed by atoms with van der Waals surface area (Å²) in [5.74, 6) is 0.756. The van der Waals surface area contributed by atoms with Crippen molar-refractivity contribution in [1.82, 2.24) is 5.06 Å². The van der Waals surface area contributed by atoms with Gasteiger partial charge in [0, 0.05) is 6.42 Å². The minimum absolute atomic E-state index is 0.0375. The van der Waals surface area contributed by atoms with Crippen LogP contribution in [0.3, 0.4) is 0 Å². The van der Waals surface area contributed by atoms with Crippen LogP contribution < -0.4 is 4.74 Å². The standard InChI is InChI=1S/C31H31NO3/c1-25-12-14-29(15-13-25)23-34-30-19-16-27(17-20-30)22-32(35-24-28-10-6-3-7-11-28)31(33)21-18-26-8-4-2-5-9-26/h2-17,19-20H,18,21-24H2,1H3. The normalized spacial score (nSPS) is 10.7. The van der Waals surface area contributed by atoms with Crippen LogP contribution in [0.15, 0.2) is 109 Å². The molecule has 0 bridgehead atoms. The number of hydrogen-bond donors (Lipinski definition) is 0. The van der Waals surface area contributed by atoms with Gasteiger partial charge in [0.1, 0.15) is 19.0 Å². The maximum absolute atomic E-state index is 13.1. The number of benzene rings is 4. The highest BCUT2D eigenvalue weighted by molar-refractivity contribution is 5.75. The van der Waals surface area contributed by atoms with Gasteiger partial charge in [-0.1, -0.05) is 103 Å². The summed E-state index contributed by atoms with van der Waals surface area (Å²) < 4.78 is 5.92. The van der Waals surface area contributed by atoms with E-state index in [1.54, 1.807) is 0 Å². The van der Waals surface area contributed by atoms with Crippen molar-refractivity contribution in [3.05, 3.63) is 137 Å². The quantitative estimate of drug-likeness (QED) is 0.232. The molecule has 4 rings (SSSR count). The molecule has 0 unspecified atom stereocenters. The van der Waals surface area contributed by atoms with Crippen LogP contribution in [0.25, 0.3) is 0 Å². The van der Waals surface area contributed by atoms with Gasteiger partial charge in [0.25, 0.3) is 0 Å². The molecule has 0 radical (unpaired) electrons. The molecule has 4 aromatic carbocycles. The van der Waals surface area contributed by atoms with Gasteiger partial charge in [-0.05, 0) is 47.7 Å². The van der Waals surface area contributed by atoms with Crippen molar-refractivity contribution in [2.45, 2.75) is 39.5 Å². The molecule has 0 fully saturated rings. The number of rotatable bonds is 11. The maximum atomic E-state index is 13.1. The smallest absolute Gasteiger partial charge is 0.246 e. The summed E-state index contributed by atoms with van der Waals surface area (Å²) in [5.41, 5.74) is 5.50. The zero-order valence-corrected chi connectivity index (χ0v) is 20.1. The Labute approximate surface area is 207 Å². The average Bonchev–Trinajstić information content (AvgIpc) is 2.91. The Morgan fingerprint density at radius 1 is 0.657 bits per heavy atom. The van der Waals surface area contributed by atoms with Gasteiger partial charge in [0.05, 0.1) is 6.54 Å². The Bertz CT molecular complexity index is 1170. The molecule has 0 aliphatic heterocycles. The second kappa shape index (κ2) is 12.5. The van der Waals surface area contributed by atoms with Crippen molar-refractivity contribution in [2.75, 3.05) is 0 Å². The van der Waals surface area contributed by atoms with Crippen LogP contribution in [-0.2, 0) is 35.8 Å². The first-order valence-corrected chi connectivity index (χ1v) is 11.9. The molecular formula is C31H31NO3. The highest BCUT2D eigenvalue weighted by Crippen LogP contribution is 2.17. The molecule has 0 heterocycles. The van der Waals surface area contributed by atoms with Crippen LogP contribution >= 0.6 is 0 Å². The summed E-state index contributed by atoms with van der Waals surface area (Å²) in [6.07, 6.45) is 1.06. The summed E-state index contributed by atoms with van der Waals surface area (Å²) in [4.78, 5) is 19.0. The van der Waals surface area contributed by atoms with Crippen LogP contribution in [0.4, 0.5) is 0 Å². The molecule has 0 saturated heterocycles. The van der Waals surface area contributed by atoms with E-state index in [0.717, 1.165) is 28.0 Å². The monoisotopic (exact) mass is 465 g/mol. The van der Waals surface area contributed by atoms with E-state index in [0.29, 0.717) is 32.6 Å². The van der Waals surface area contributed by atoms with E-state index in [-0.39, 0.29) is 5.91 Å². The van der Waals surface area contributed by atoms with Gasteiger partial charge < -0.3 is 4.74 Å². The summed E-state index contributed by atoms with van der Waals surface area (Å²) in [6, 6.07) is 36.1. The first kappa shape index (κ1) is 24.2. The van der Waals surface area contributed by atoms with Gasteiger partial charge in [0.2, 0.25) is 5.91 Å². The molecule has 0 atom stereocenters. The van der Waals surface area contributed by atoms with Crippen LogP contribution in [0.1, 0.15) is 34.2 Å². The predicted octanol–water partition coefficient (Wildman–Crippen LogP) is 6.67. The number of amides is 1. The molecule has 0 saturated carbocycles. The number of ether oxygens (including phenoxy) is 1.